The van der Waals surface area contributed by atoms with Gasteiger partial charge in [0, 0.05) is 49.7 Å². The second-order valence-corrected chi connectivity index (χ2v) is 18.0. The van der Waals surface area contributed by atoms with Crippen LogP contribution in [0.5, 0.6) is 0 Å². The third-order valence-corrected chi connectivity index (χ3v) is 10.1. The Balaban J connectivity index is 2.29. The van der Waals surface area contributed by atoms with Crippen LogP contribution >= 0.6 is 0 Å². The predicted octanol–water partition coefficient (Wildman–Crippen LogP) is 4.18. The third-order valence-electron chi connectivity index (χ3n) is 10.1. The first kappa shape index (κ1) is 51.1. The number of benzene rings is 1. The second kappa shape index (κ2) is 20.5. The molecule has 0 saturated carbocycles. The SMILES string of the molecule is CN[C@H](C(=O)NC(C(=O)N(C)[C@H](/C=C(\C)C(=O)N[C@H](CCC(=O)NCCN1C(=O)C=CC1=O)C(=O)OC(C)(C)C)C(C)C)C(C)(C)C)C(C)(C)c1cccc(C(F)(F)F)c1. The summed E-state index contributed by atoms with van der Waals surface area (Å²) in [6.45, 7) is 18.7. The van der Waals surface area contributed by atoms with Gasteiger partial charge in [0.05, 0.1) is 17.6 Å². The van der Waals surface area contributed by atoms with Gasteiger partial charge in [0.1, 0.15) is 17.7 Å². The van der Waals surface area contributed by atoms with Crippen LogP contribution in [0, 0.1) is 11.3 Å². The highest BCUT2D eigenvalue weighted by molar-refractivity contribution is 6.12. The summed E-state index contributed by atoms with van der Waals surface area (Å²) < 4.78 is 46.3. The Morgan fingerprint density at radius 2 is 1.45 bits per heavy atom. The minimum atomic E-state index is -4.59. The number of ether oxygens (including phenoxy) is 1. The molecule has 1 unspecified atom stereocenters. The fourth-order valence-corrected chi connectivity index (χ4v) is 6.61. The molecule has 4 atom stereocenters. The van der Waals surface area contributed by atoms with Crippen molar-refractivity contribution in [3.8, 4) is 0 Å². The van der Waals surface area contributed by atoms with E-state index < -0.39 is 93.8 Å². The smallest absolute Gasteiger partial charge is 0.416 e. The average molecular weight is 849 g/mol. The van der Waals surface area contributed by atoms with Crippen molar-refractivity contribution < 1.29 is 51.5 Å². The van der Waals surface area contributed by atoms with E-state index in [4.69, 9.17) is 4.74 Å². The predicted molar refractivity (Wildman–Crippen MR) is 220 cm³/mol. The molecule has 1 aromatic carbocycles. The lowest BCUT2D eigenvalue weighted by Gasteiger charge is -2.40. The maximum absolute atomic E-state index is 14.3. The van der Waals surface area contributed by atoms with E-state index in [-0.39, 0.29) is 43.0 Å². The summed E-state index contributed by atoms with van der Waals surface area (Å²) in [7, 11) is 3.05. The second-order valence-electron chi connectivity index (χ2n) is 18.0. The van der Waals surface area contributed by atoms with Crippen molar-refractivity contribution in [1.82, 2.24) is 31.1 Å². The minimum absolute atomic E-state index is 0.0141. The molecule has 0 saturated heterocycles. The quantitative estimate of drug-likeness (QED) is 0.0957. The molecule has 1 heterocycles. The van der Waals surface area contributed by atoms with Crippen molar-refractivity contribution in [2.45, 2.75) is 130 Å². The minimum Gasteiger partial charge on any atom is -0.458 e. The number of hydrogen-bond donors (Lipinski definition) is 4. The summed E-state index contributed by atoms with van der Waals surface area (Å²) in [6.07, 6.45) is -1.09. The van der Waals surface area contributed by atoms with Crippen LogP contribution in [-0.4, -0.2) is 108 Å². The van der Waals surface area contributed by atoms with E-state index in [1.807, 2.05) is 13.8 Å². The highest BCUT2D eigenvalue weighted by Crippen LogP contribution is 2.35. The molecule has 0 fully saturated rings. The number of alkyl halides is 3. The van der Waals surface area contributed by atoms with Crippen molar-refractivity contribution in [3.63, 3.8) is 0 Å². The van der Waals surface area contributed by atoms with Gasteiger partial charge in [-0.1, -0.05) is 72.7 Å². The number of carbonyl (C=O) groups is 7. The number of amides is 6. The summed E-state index contributed by atoms with van der Waals surface area (Å²) in [4.78, 5) is 93.8. The number of imide groups is 1. The molecule has 0 radical (unpaired) electrons. The summed E-state index contributed by atoms with van der Waals surface area (Å²) in [5.41, 5.74) is -3.35. The lowest BCUT2D eigenvalue weighted by atomic mass is 9.76. The molecule has 1 aliphatic rings. The lowest BCUT2D eigenvalue weighted by Crippen LogP contribution is -2.61. The first-order chi connectivity index (χ1) is 27.4. The van der Waals surface area contributed by atoms with Gasteiger partial charge < -0.3 is 30.9 Å². The number of carbonyl (C=O) groups excluding carboxylic acids is 7. The van der Waals surface area contributed by atoms with E-state index in [1.165, 1.54) is 38.1 Å². The zero-order valence-electron chi connectivity index (χ0n) is 37.1. The molecule has 0 spiro atoms. The fourth-order valence-electron chi connectivity index (χ4n) is 6.61. The molecule has 60 heavy (non-hydrogen) atoms. The van der Waals surface area contributed by atoms with E-state index in [2.05, 4.69) is 21.3 Å². The molecule has 0 aromatic heterocycles. The Bertz CT molecular complexity index is 1810. The molecular formula is C43H63F3N6O8. The van der Waals surface area contributed by atoms with Gasteiger partial charge in [-0.05, 0) is 64.1 Å². The summed E-state index contributed by atoms with van der Waals surface area (Å²) in [6, 6.07) is 0.670. The number of nitrogens with one attached hydrogen (secondary N) is 4. The Morgan fingerprint density at radius 3 is 1.95 bits per heavy atom. The molecule has 1 aromatic rings. The number of hydrogen-bond acceptors (Lipinski definition) is 9. The van der Waals surface area contributed by atoms with Gasteiger partial charge in [-0.2, -0.15) is 13.2 Å². The largest absolute Gasteiger partial charge is 0.458 e. The summed E-state index contributed by atoms with van der Waals surface area (Å²) in [5.74, 6) is -4.25. The van der Waals surface area contributed by atoms with Gasteiger partial charge in [-0.25, -0.2) is 4.79 Å². The van der Waals surface area contributed by atoms with Crippen molar-refractivity contribution in [2.24, 2.45) is 11.3 Å². The molecule has 4 N–H and O–H groups in total. The maximum atomic E-state index is 14.3. The third kappa shape index (κ3) is 14.3. The van der Waals surface area contributed by atoms with E-state index in [0.717, 1.165) is 29.2 Å². The van der Waals surface area contributed by atoms with Crippen molar-refractivity contribution >= 4 is 41.4 Å². The highest BCUT2D eigenvalue weighted by Gasteiger charge is 2.43. The first-order valence-electron chi connectivity index (χ1n) is 19.9. The Kier molecular flexibility index (Phi) is 17.4. The Labute approximate surface area is 351 Å². The van der Waals surface area contributed by atoms with Crippen LogP contribution in [-0.2, 0) is 49.9 Å². The number of halogens is 3. The van der Waals surface area contributed by atoms with Gasteiger partial charge >= 0.3 is 12.1 Å². The Hall–Kier alpha value is -5.06. The van der Waals surface area contributed by atoms with Crippen molar-refractivity contribution in [3.05, 3.63) is 59.2 Å². The van der Waals surface area contributed by atoms with Crippen LogP contribution in [0.1, 0.15) is 100 Å². The van der Waals surface area contributed by atoms with Crippen LogP contribution in [0.4, 0.5) is 13.2 Å². The van der Waals surface area contributed by atoms with E-state index in [1.54, 1.807) is 61.5 Å². The topological polar surface area (TPSA) is 183 Å². The monoisotopic (exact) mass is 848 g/mol. The number of nitrogens with zero attached hydrogens (tertiary/aromatic N) is 2. The number of rotatable bonds is 18. The molecule has 14 nitrogen and oxygen atoms in total. The van der Waals surface area contributed by atoms with Crippen molar-refractivity contribution in [1.29, 1.82) is 0 Å². The van der Waals surface area contributed by atoms with Crippen LogP contribution < -0.4 is 21.3 Å². The molecule has 2 rings (SSSR count). The number of likely N-dealkylation sites (N-methyl/N-ethyl adjacent to an activating group) is 2. The maximum Gasteiger partial charge on any atom is 0.416 e. The van der Waals surface area contributed by atoms with E-state index in [9.17, 15) is 46.7 Å². The van der Waals surface area contributed by atoms with Gasteiger partial charge in [0.2, 0.25) is 23.6 Å². The molecular weight excluding hydrogens is 786 g/mol. The number of esters is 1. The molecule has 17 heteroatoms. The van der Waals surface area contributed by atoms with Crippen LogP contribution in [0.15, 0.2) is 48.1 Å². The van der Waals surface area contributed by atoms with E-state index in [0.29, 0.717) is 0 Å². The van der Waals surface area contributed by atoms with Gasteiger partial charge in [-0.3, -0.25) is 33.7 Å². The van der Waals surface area contributed by atoms with Crippen LogP contribution in [0.25, 0.3) is 0 Å². The van der Waals surface area contributed by atoms with Crippen molar-refractivity contribution in [2.75, 3.05) is 27.2 Å². The summed E-state index contributed by atoms with van der Waals surface area (Å²) in [5, 5.41) is 11.0. The average Bonchev–Trinajstić information content (AvgIpc) is 3.44. The van der Waals surface area contributed by atoms with Crippen LogP contribution in [0.3, 0.4) is 0 Å². The van der Waals surface area contributed by atoms with Gasteiger partial charge in [0.15, 0.2) is 0 Å². The lowest BCUT2D eigenvalue weighted by molar-refractivity contribution is -0.158. The standard InChI is InChI=1S/C43H63F3N6O8/c1-25(2)30(23-26(3)36(56)49-29(39(59)60-41(7,8)9)17-18-31(53)48-21-22-52-32(54)19-20-33(52)55)51(13)38(58)35(40(4,5)6)50-37(57)34(47-12)42(10,11)27-15-14-16-28(24-27)43(44,45)46/h14-16,19-20,23-25,29-30,34-35,47H,17-18,21-22H2,1-13H3,(H,48,53)(H,49,56)(H,50,57)/b26-23+/t29-,30-,34-,35?/m1/s1. The fraction of sp³-hybridized carbons (Fsp3) is 0.605. The summed E-state index contributed by atoms with van der Waals surface area (Å²) >= 11 is 0. The molecule has 0 aliphatic carbocycles. The normalized spacial score (nSPS) is 15.9. The molecule has 0 bridgehead atoms. The van der Waals surface area contributed by atoms with Crippen LogP contribution in [0.2, 0.25) is 0 Å². The molecule has 334 valence electrons. The van der Waals surface area contributed by atoms with Gasteiger partial charge in [-0.15, -0.1) is 0 Å². The zero-order valence-corrected chi connectivity index (χ0v) is 37.1. The zero-order chi connectivity index (χ0) is 46.1. The molecule has 1 aliphatic heterocycles. The Morgan fingerprint density at radius 1 is 0.883 bits per heavy atom. The van der Waals surface area contributed by atoms with E-state index >= 15 is 0 Å². The highest BCUT2D eigenvalue weighted by atomic mass is 19.4. The first-order valence-corrected chi connectivity index (χ1v) is 19.9. The molecule has 6 amide bonds. The van der Waals surface area contributed by atoms with Gasteiger partial charge in [0.25, 0.3) is 11.8 Å².